The van der Waals surface area contributed by atoms with E-state index in [2.05, 4.69) is 15.5 Å². The minimum atomic E-state index is -0.493. The Morgan fingerprint density at radius 2 is 2.10 bits per heavy atom. The molecule has 0 aromatic carbocycles. The van der Waals surface area contributed by atoms with E-state index in [0.717, 1.165) is 41.0 Å². The molecule has 4 aromatic rings. The fraction of sp³-hybridized carbons (Fsp3) is 0.333. The highest BCUT2D eigenvalue weighted by Gasteiger charge is 2.23. The minimum absolute atomic E-state index is 0.133. The van der Waals surface area contributed by atoms with Crippen LogP contribution in [0.5, 0.6) is 0 Å². The molecule has 0 bridgehead atoms. The van der Waals surface area contributed by atoms with E-state index in [0.29, 0.717) is 23.5 Å². The van der Waals surface area contributed by atoms with Crippen molar-refractivity contribution >= 4 is 27.5 Å². The quantitative estimate of drug-likeness (QED) is 0.544. The van der Waals surface area contributed by atoms with Gasteiger partial charge in [0.15, 0.2) is 5.76 Å². The van der Waals surface area contributed by atoms with E-state index in [1.54, 1.807) is 30.4 Å². The third-order valence-electron chi connectivity index (χ3n) is 5.41. The molecule has 4 heterocycles. The van der Waals surface area contributed by atoms with Crippen molar-refractivity contribution in [2.45, 2.75) is 46.6 Å². The highest BCUT2D eigenvalue weighted by molar-refractivity contribution is 7.18. The van der Waals surface area contributed by atoms with Crippen LogP contribution in [0.3, 0.4) is 0 Å². The summed E-state index contributed by atoms with van der Waals surface area (Å²) in [6.07, 6.45) is 2.93. The molecule has 0 fully saturated rings. The molecule has 8 nitrogen and oxygen atoms in total. The van der Waals surface area contributed by atoms with Gasteiger partial charge in [-0.25, -0.2) is 9.66 Å². The van der Waals surface area contributed by atoms with Crippen LogP contribution >= 0.6 is 11.3 Å². The molecular formula is C21H21N5O3S. The van der Waals surface area contributed by atoms with Gasteiger partial charge < -0.3 is 4.42 Å². The van der Waals surface area contributed by atoms with Gasteiger partial charge in [-0.1, -0.05) is 0 Å². The maximum Gasteiger partial charge on any atom is 0.305 e. The average Bonchev–Trinajstić information content (AvgIpc) is 3.44. The number of amides is 1. The first-order valence-electron chi connectivity index (χ1n) is 9.85. The maximum absolute atomic E-state index is 13.1. The van der Waals surface area contributed by atoms with Crippen LogP contribution in [0.15, 0.2) is 27.4 Å². The van der Waals surface area contributed by atoms with Crippen molar-refractivity contribution in [1.29, 1.82) is 0 Å². The van der Waals surface area contributed by atoms with E-state index in [-0.39, 0.29) is 11.3 Å². The number of thiophene rings is 1. The lowest BCUT2D eigenvalue weighted by Gasteiger charge is -2.10. The minimum Gasteiger partial charge on any atom is -0.454 e. The Balaban J connectivity index is 1.42. The lowest BCUT2D eigenvalue weighted by atomic mass is 10.2. The van der Waals surface area contributed by atoms with Crippen molar-refractivity contribution in [3.63, 3.8) is 0 Å². The van der Waals surface area contributed by atoms with Gasteiger partial charge in [0.05, 0.1) is 17.6 Å². The summed E-state index contributed by atoms with van der Waals surface area (Å²) < 4.78 is 8.75. The third-order valence-corrected chi connectivity index (χ3v) is 6.60. The Labute approximate surface area is 176 Å². The molecule has 1 aliphatic carbocycles. The van der Waals surface area contributed by atoms with E-state index in [1.807, 2.05) is 24.6 Å². The number of rotatable bonds is 4. The smallest absolute Gasteiger partial charge is 0.305 e. The molecule has 1 amide bonds. The summed E-state index contributed by atoms with van der Waals surface area (Å²) in [6, 6.07) is 5.33. The Kier molecular flexibility index (Phi) is 4.35. The zero-order valence-corrected chi connectivity index (χ0v) is 17.8. The highest BCUT2D eigenvalue weighted by Crippen LogP contribution is 2.34. The Hall–Kier alpha value is -3.20. The van der Waals surface area contributed by atoms with Crippen LogP contribution in [0.2, 0.25) is 0 Å². The van der Waals surface area contributed by atoms with Crippen LogP contribution in [-0.2, 0) is 19.4 Å². The molecule has 0 spiro atoms. The second-order valence-electron chi connectivity index (χ2n) is 7.63. The summed E-state index contributed by atoms with van der Waals surface area (Å²) in [5, 5.41) is 5.03. The predicted molar refractivity (Wildman–Crippen MR) is 114 cm³/mol. The van der Waals surface area contributed by atoms with Crippen LogP contribution in [-0.4, -0.2) is 25.3 Å². The zero-order valence-electron chi connectivity index (χ0n) is 17.0. The van der Waals surface area contributed by atoms with E-state index in [1.165, 1.54) is 9.55 Å². The molecule has 154 valence electrons. The van der Waals surface area contributed by atoms with Gasteiger partial charge in [-0.2, -0.15) is 5.10 Å². The second-order valence-corrected chi connectivity index (χ2v) is 8.71. The van der Waals surface area contributed by atoms with Crippen molar-refractivity contribution in [2.75, 3.05) is 5.43 Å². The first-order chi connectivity index (χ1) is 14.4. The molecule has 0 aliphatic heterocycles. The van der Waals surface area contributed by atoms with Crippen LogP contribution in [0.25, 0.3) is 10.2 Å². The Morgan fingerprint density at radius 1 is 1.27 bits per heavy atom. The monoisotopic (exact) mass is 423 g/mol. The molecule has 9 heteroatoms. The number of hydrogen-bond acceptors (Lipinski definition) is 6. The molecule has 0 unspecified atom stereocenters. The standard InChI is InChI=1S/C21H21N5O3S/c1-11-9-12(2)25(23-11)10-14-7-8-16(29-14)19(27)24-26-13(3)22-20-18(21(26)28)15-5-4-6-17(15)30-20/h7-9H,4-6,10H2,1-3H3,(H,24,27). The van der Waals surface area contributed by atoms with E-state index in [9.17, 15) is 9.59 Å². The number of nitrogens with zero attached hydrogens (tertiary/aromatic N) is 4. The molecule has 0 radical (unpaired) electrons. The van der Waals surface area contributed by atoms with Gasteiger partial charge in [-0.3, -0.25) is 19.7 Å². The van der Waals surface area contributed by atoms with Gasteiger partial charge in [-0.05, 0) is 63.8 Å². The van der Waals surface area contributed by atoms with Crippen molar-refractivity contribution in [3.8, 4) is 0 Å². The van der Waals surface area contributed by atoms with Crippen LogP contribution < -0.4 is 11.0 Å². The zero-order chi connectivity index (χ0) is 21.0. The number of hydrogen-bond donors (Lipinski definition) is 1. The van der Waals surface area contributed by atoms with Crippen molar-refractivity contribution in [3.05, 3.63) is 67.7 Å². The Morgan fingerprint density at radius 3 is 2.87 bits per heavy atom. The van der Waals surface area contributed by atoms with Gasteiger partial charge in [0.1, 0.15) is 16.4 Å². The summed E-state index contributed by atoms with van der Waals surface area (Å²) in [5.74, 6) is 0.691. The maximum atomic E-state index is 13.1. The van der Waals surface area contributed by atoms with E-state index < -0.39 is 5.91 Å². The fourth-order valence-electron chi connectivity index (χ4n) is 4.00. The van der Waals surface area contributed by atoms with E-state index in [4.69, 9.17) is 4.42 Å². The summed E-state index contributed by atoms with van der Waals surface area (Å²) in [5.41, 5.74) is 5.44. The Bertz CT molecular complexity index is 1360. The number of furan rings is 1. The molecule has 30 heavy (non-hydrogen) atoms. The average molecular weight is 423 g/mol. The van der Waals surface area contributed by atoms with Crippen LogP contribution in [0, 0.1) is 20.8 Å². The topological polar surface area (TPSA) is 95.0 Å². The number of aromatic nitrogens is 4. The van der Waals surface area contributed by atoms with Gasteiger partial charge in [-0.15, -0.1) is 11.3 Å². The lowest BCUT2D eigenvalue weighted by Crippen LogP contribution is -2.35. The molecule has 1 aliphatic rings. The number of nitrogens with one attached hydrogen (secondary N) is 1. The number of fused-ring (bicyclic) bond motifs is 3. The summed E-state index contributed by atoms with van der Waals surface area (Å²) in [4.78, 5) is 32.4. The molecule has 1 N–H and O–H groups in total. The van der Waals surface area contributed by atoms with Crippen LogP contribution in [0.4, 0.5) is 0 Å². The van der Waals surface area contributed by atoms with Crippen LogP contribution in [0.1, 0.15) is 50.4 Å². The summed E-state index contributed by atoms with van der Waals surface area (Å²) >= 11 is 1.58. The van der Waals surface area contributed by atoms with Crippen molar-refractivity contribution in [2.24, 2.45) is 0 Å². The lowest BCUT2D eigenvalue weighted by molar-refractivity contribution is 0.0978. The molecular weight excluding hydrogens is 402 g/mol. The van der Waals surface area contributed by atoms with Gasteiger partial charge in [0, 0.05) is 10.6 Å². The number of carbonyl (C=O) groups excluding carboxylic acids is 1. The highest BCUT2D eigenvalue weighted by atomic mass is 32.1. The molecule has 4 aromatic heterocycles. The van der Waals surface area contributed by atoms with Crippen molar-refractivity contribution in [1.82, 2.24) is 19.4 Å². The fourth-order valence-corrected chi connectivity index (χ4v) is 5.30. The normalized spacial score (nSPS) is 13.2. The largest absolute Gasteiger partial charge is 0.454 e. The molecule has 0 saturated heterocycles. The summed E-state index contributed by atoms with van der Waals surface area (Å²) in [6.45, 7) is 6.04. The predicted octanol–water partition coefficient (Wildman–Crippen LogP) is 3.09. The van der Waals surface area contributed by atoms with Crippen molar-refractivity contribution < 1.29 is 9.21 Å². The van der Waals surface area contributed by atoms with Gasteiger partial charge >= 0.3 is 5.91 Å². The molecule has 0 atom stereocenters. The molecule has 5 rings (SSSR count). The first kappa shape index (κ1) is 18.8. The van der Waals surface area contributed by atoms with E-state index >= 15 is 0 Å². The second kappa shape index (κ2) is 6.94. The number of carbonyl (C=O) groups is 1. The SMILES string of the molecule is Cc1cc(C)n(Cc2ccc(C(=O)Nn3c(C)nc4sc5c(c4c3=O)CCC5)o2)n1. The first-order valence-corrected chi connectivity index (χ1v) is 10.7. The third kappa shape index (κ3) is 3.06. The number of aryl methyl sites for hydroxylation is 5. The summed E-state index contributed by atoms with van der Waals surface area (Å²) in [7, 11) is 0. The van der Waals surface area contributed by atoms with Gasteiger partial charge in [0.25, 0.3) is 5.56 Å². The van der Waals surface area contributed by atoms with Gasteiger partial charge in [0.2, 0.25) is 0 Å². The molecule has 0 saturated carbocycles.